The van der Waals surface area contributed by atoms with E-state index < -0.39 is 0 Å². The van der Waals surface area contributed by atoms with Gasteiger partial charge in [-0.2, -0.15) is 11.8 Å². The minimum Gasteiger partial charge on any atom is -0.349 e. The molecule has 1 heterocycles. The Morgan fingerprint density at radius 1 is 1.42 bits per heavy atom. The highest BCUT2D eigenvalue weighted by Crippen LogP contribution is 2.29. The first-order chi connectivity index (χ1) is 9.01. The number of halogens is 1. The number of carbonyl (C=O) groups excluding carboxylic acids is 1. The molecule has 3 nitrogen and oxygen atoms in total. The monoisotopic (exact) mass is 346 g/mol. The fraction of sp³-hybridized carbons (Fsp3) is 0.643. The largest absolute Gasteiger partial charge is 0.349 e. The van der Waals surface area contributed by atoms with E-state index in [1.165, 1.54) is 0 Å². The van der Waals surface area contributed by atoms with E-state index in [1.807, 2.05) is 35.5 Å². The van der Waals surface area contributed by atoms with E-state index in [1.54, 1.807) is 0 Å². The number of carbonyl (C=O) groups is 1. The van der Waals surface area contributed by atoms with Gasteiger partial charge in [0.05, 0.1) is 0 Å². The first kappa shape index (κ1) is 16.6. The molecule has 1 N–H and O–H groups in total. The van der Waals surface area contributed by atoms with Gasteiger partial charge in [0.1, 0.15) is 5.69 Å². The molecular weight excluding hydrogens is 324 g/mol. The van der Waals surface area contributed by atoms with Crippen molar-refractivity contribution in [1.82, 2.24) is 9.88 Å². The molecule has 0 aliphatic rings. The van der Waals surface area contributed by atoms with Crippen LogP contribution in [0.4, 0.5) is 0 Å². The van der Waals surface area contributed by atoms with Crippen molar-refractivity contribution in [2.75, 3.05) is 12.8 Å². The van der Waals surface area contributed by atoms with Crippen molar-refractivity contribution in [3.05, 3.63) is 22.4 Å². The summed E-state index contributed by atoms with van der Waals surface area (Å²) in [6, 6.07) is 1.87. The Bertz CT molecular complexity index is 419. The summed E-state index contributed by atoms with van der Waals surface area (Å²) >= 11 is 5.26. The Labute approximate surface area is 128 Å². The molecule has 1 aromatic rings. The van der Waals surface area contributed by atoms with Crippen LogP contribution in [0.25, 0.3) is 0 Å². The van der Waals surface area contributed by atoms with Gasteiger partial charge in [-0.3, -0.25) is 4.79 Å². The molecule has 0 aliphatic heterocycles. The molecule has 108 valence electrons. The normalized spacial score (nSPS) is 11.6. The van der Waals surface area contributed by atoms with Crippen LogP contribution in [0.15, 0.2) is 16.7 Å². The number of nitrogens with one attached hydrogen (secondary N) is 1. The first-order valence-electron chi connectivity index (χ1n) is 6.71. The summed E-state index contributed by atoms with van der Waals surface area (Å²) in [5, 5.41) is 3.08. The van der Waals surface area contributed by atoms with Gasteiger partial charge in [-0.1, -0.05) is 13.8 Å². The van der Waals surface area contributed by atoms with Crippen molar-refractivity contribution in [3.63, 3.8) is 0 Å². The van der Waals surface area contributed by atoms with Crippen LogP contribution in [0, 0.1) is 0 Å². The summed E-state index contributed by atoms with van der Waals surface area (Å²) in [4.78, 5) is 12.3. The molecule has 1 rings (SSSR count). The topological polar surface area (TPSA) is 34.0 Å². The van der Waals surface area contributed by atoms with Crippen molar-refractivity contribution in [2.24, 2.45) is 0 Å². The number of aromatic nitrogens is 1. The Morgan fingerprint density at radius 2 is 2.05 bits per heavy atom. The van der Waals surface area contributed by atoms with Gasteiger partial charge in [-0.05, 0) is 48.0 Å². The molecule has 0 saturated heterocycles. The Hall–Kier alpha value is -0.420. The lowest BCUT2D eigenvalue weighted by molar-refractivity contribution is 0.0940. The third-order valence-corrected chi connectivity index (χ3v) is 5.75. The summed E-state index contributed by atoms with van der Waals surface area (Å²) in [7, 11) is 0. The number of hydrogen-bond acceptors (Lipinski definition) is 2. The fourth-order valence-electron chi connectivity index (χ4n) is 2.12. The summed E-state index contributed by atoms with van der Waals surface area (Å²) < 4.78 is 3.05. The highest BCUT2D eigenvalue weighted by molar-refractivity contribution is 9.10. The van der Waals surface area contributed by atoms with Crippen LogP contribution in [-0.2, 0) is 6.54 Å². The van der Waals surface area contributed by atoms with Crippen LogP contribution in [0.1, 0.15) is 44.1 Å². The van der Waals surface area contributed by atoms with E-state index in [0.717, 1.165) is 29.6 Å². The van der Waals surface area contributed by atoms with E-state index in [-0.39, 0.29) is 10.7 Å². The van der Waals surface area contributed by atoms with E-state index >= 15 is 0 Å². The van der Waals surface area contributed by atoms with Crippen molar-refractivity contribution >= 4 is 33.6 Å². The molecule has 0 spiro atoms. The van der Waals surface area contributed by atoms with Crippen LogP contribution in [0.2, 0.25) is 0 Å². The van der Waals surface area contributed by atoms with Crippen molar-refractivity contribution in [1.29, 1.82) is 0 Å². The SMILES string of the molecule is CCn1cc(Br)cc1C(=O)NCC(CC)(CC)SC. The Morgan fingerprint density at radius 3 is 2.53 bits per heavy atom. The summed E-state index contributed by atoms with van der Waals surface area (Å²) in [6.07, 6.45) is 6.17. The lowest BCUT2D eigenvalue weighted by Crippen LogP contribution is -2.40. The molecule has 0 atom stereocenters. The van der Waals surface area contributed by atoms with Gasteiger partial charge in [-0.25, -0.2) is 0 Å². The molecule has 0 saturated carbocycles. The second-order valence-electron chi connectivity index (χ2n) is 4.61. The van der Waals surface area contributed by atoms with Gasteiger partial charge in [0.25, 0.3) is 5.91 Å². The number of nitrogens with zero attached hydrogens (tertiary/aromatic N) is 1. The maximum atomic E-state index is 12.3. The van der Waals surface area contributed by atoms with Crippen molar-refractivity contribution in [2.45, 2.75) is 44.9 Å². The Kier molecular flexibility index (Phi) is 6.47. The number of aryl methyl sites for hydroxylation is 1. The molecule has 0 radical (unpaired) electrons. The molecule has 1 amide bonds. The van der Waals surface area contributed by atoms with Crippen LogP contribution >= 0.6 is 27.7 Å². The smallest absolute Gasteiger partial charge is 0.267 e. The van der Waals surface area contributed by atoms with Crippen molar-refractivity contribution < 1.29 is 4.79 Å². The predicted molar refractivity (Wildman–Crippen MR) is 87.0 cm³/mol. The van der Waals surface area contributed by atoms with Gasteiger partial charge in [0.15, 0.2) is 0 Å². The molecular formula is C14H23BrN2OS. The highest BCUT2D eigenvalue weighted by atomic mass is 79.9. The molecule has 5 heteroatoms. The third kappa shape index (κ3) is 4.02. The molecule has 0 unspecified atom stereocenters. The number of thioether (sulfide) groups is 1. The maximum absolute atomic E-state index is 12.3. The van der Waals surface area contributed by atoms with Crippen LogP contribution in [-0.4, -0.2) is 28.0 Å². The standard InChI is InChI=1S/C14H23BrN2OS/c1-5-14(6-2,19-4)10-16-13(18)12-8-11(15)9-17(12)7-3/h8-9H,5-7,10H2,1-4H3,(H,16,18). The minimum absolute atomic E-state index is 0.00729. The van der Waals surface area contributed by atoms with Crippen LogP contribution in [0.5, 0.6) is 0 Å². The molecule has 0 aliphatic carbocycles. The summed E-state index contributed by atoms with van der Waals surface area (Å²) in [5.74, 6) is 0.00729. The van der Waals surface area contributed by atoms with Crippen LogP contribution < -0.4 is 5.32 Å². The van der Waals surface area contributed by atoms with Gasteiger partial charge in [0.2, 0.25) is 0 Å². The lowest BCUT2D eigenvalue weighted by atomic mass is 10.0. The zero-order chi connectivity index (χ0) is 14.5. The number of hydrogen-bond donors (Lipinski definition) is 1. The van der Waals surface area contributed by atoms with E-state index in [2.05, 4.69) is 41.3 Å². The molecule has 1 aromatic heterocycles. The fourth-order valence-corrected chi connectivity index (χ4v) is 3.38. The van der Waals surface area contributed by atoms with E-state index in [9.17, 15) is 4.79 Å². The number of rotatable bonds is 7. The Balaban J connectivity index is 2.74. The first-order valence-corrected chi connectivity index (χ1v) is 8.72. The molecule has 19 heavy (non-hydrogen) atoms. The average molecular weight is 347 g/mol. The van der Waals surface area contributed by atoms with Crippen molar-refractivity contribution in [3.8, 4) is 0 Å². The predicted octanol–water partition coefficient (Wildman–Crippen LogP) is 3.92. The molecule has 0 aromatic carbocycles. The van der Waals surface area contributed by atoms with Gasteiger partial charge < -0.3 is 9.88 Å². The summed E-state index contributed by atoms with van der Waals surface area (Å²) in [5.41, 5.74) is 0.719. The summed E-state index contributed by atoms with van der Waals surface area (Å²) in [6.45, 7) is 7.90. The van der Waals surface area contributed by atoms with E-state index in [0.29, 0.717) is 6.54 Å². The lowest BCUT2D eigenvalue weighted by Gasteiger charge is -2.29. The maximum Gasteiger partial charge on any atom is 0.267 e. The third-order valence-electron chi connectivity index (χ3n) is 3.73. The quantitative estimate of drug-likeness (QED) is 0.811. The minimum atomic E-state index is 0.00729. The second-order valence-corrected chi connectivity index (χ2v) is 6.80. The van der Waals surface area contributed by atoms with Crippen LogP contribution in [0.3, 0.4) is 0 Å². The molecule has 0 bridgehead atoms. The zero-order valence-electron chi connectivity index (χ0n) is 12.1. The molecule has 0 fully saturated rings. The second kappa shape index (κ2) is 7.39. The van der Waals surface area contributed by atoms with Gasteiger partial charge in [0, 0.05) is 28.5 Å². The van der Waals surface area contributed by atoms with Gasteiger partial charge in [-0.15, -0.1) is 0 Å². The number of amides is 1. The van der Waals surface area contributed by atoms with Gasteiger partial charge >= 0.3 is 0 Å². The highest BCUT2D eigenvalue weighted by Gasteiger charge is 2.26. The average Bonchev–Trinajstić information content (AvgIpc) is 2.82. The van der Waals surface area contributed by atoms with E-state index in [4.69, 9.17) is 0 Å². The zero-order valence-corrected chi connectivity index (χ0v) is 14.5.